The Morgan fingerprint density at radius 1 is 0.854 bits per heavy atom. The van der Waals surface area contributed by atoms with Crippen molar-refractivity contribution in [1.29, 1.82) is 0 Å². The number of carbonyl (C=O) groups is 2. The van der Waals surface area contributed by atoms with Gasteiger partial charge in [0.25, 0.3) is 11.1 Å². The minimum absolute atomic E-state index is 0.243. The number of aryl methyl sites for hydroxylation is 1. The lowest BCUT2D eigenvalue weighted by molar-refractivity contribution is -0.123. The Bertz CT molecular complexity index is 1820. The average molecular weight is 579 g/mol. The summed E-state index contributed by atoms with van der Waals surface area (Å²) in [5, 5.41) is 2.55. The number of fused-ring (bicyclic) bond motifs is 1. The molecule has 1 saturated heterocycles. The van der Waals surface area contributed by atoms with Crippen molar-refractivity contribution < 1.29 is 14.3 Å². The lowest BCUT2D eigenvalue weighted by Gasteiger charge is -2.14. The van der Waals surface area contributed by atoms with Crippen LogP contribution in [0.15, 0.2) is 102 Å². The number of ether oxygens (including phenoxy) is 1. The summed E-state index contributed by atoms with van der Waals surface area (Å²) < 4.78 is 8.07. The lowest BCUT2D eigenvalue weighted by atomic mass is 10.0. The number of aromatic nitrogens is 1. The van der Waals surface area contributed by atoms with Crippen LogP contribution in [0.2, 0.25) is 5.02 Å². The number of hydrogen-bond acceptors (Lipinski definition) is 4. The van der Waals surface area contributed by atoms with Crippen molar-refractivity contribution >= 4 is 51.4 Å². The number of imide groups is 1. The van der Waals surface area contributed by atoms with E-state index in [-0.39, 0.29) is 17.7 Å². The van der Waals surface area contributed by atoms with Gasteiger partial charge in [-0.15, -0.1) is 0 Å². The molecule has 204 valence electrons. The van der Waals surface area contributed by atoms with Crippen LogP contribution in [0.4, 0.5) is 4.79 Å². The molecule has 2 amide bonds. The van der Waals surface area contributed by atoms with Crippen LogP contribution >= 0.6 is 23.4 Å². The summed E-state index contributed by atoms with van der Waals surface area (Å²) in [7, 11) is 0. The van der Waals surface area contributed by atoms with Crippen LogP contribution in [0, 0.1) is 13.8 Å². The Morgan fingerprint density at radius 2 is 1.56 bits per heavy atom. The monoisotopic (exact) mass is 578 g/mol. The van der Waals surface area contributed by atoms with Gasteiger partial charge in [0.2, 0.25) is 0 Å². The molecular formula is C34H27ClN2O3S. The number of carbonyl (C=O) groups excluding carboxylic acids is 2. The number of benzene rings is 4. The molecule has 2 heterocycles. The Morgan fingerprint density at radius 3 is 2.37 bits per heavy atom. The number of hydrogen-bond donors (Lipinski definition) is 0. The standard InChI is InChI=1S/C34H27ClN2O3S/c1-22-18-27(23(2)37(22)28-14-16-29(17-15-28)40-21-26-9-4-6-13-31(26)35)19-32-33(38)36(34(39)41-32)20-25-11-7-10-24-8-3-5-12-30(24)25/h3-19H,20-21H2,1-2H3/b32-19+. The molecule has 1 aromatic heterocycles. The second-order valence-electron chi connectivity index (χ2n) is 9.94. The molecule has 5 aromatic rings. The van der Waals surface area contributed by atoms with Crippen LogP contribution in [0.5, 0.6) is 5.75 Å². The van der Waals surface area contributed by atoms with Crippen LogP contribution in [0.1, 0.15) is 28.1 Å². The first-order valence-electron chi connectivity index (χ1n) is 13.3. The average Bonchev–Trinajstić information content (AvgIpc) is 3.41. The first kappa shape index (κ1) is 26.9. The zero-order valence-corrected chi connectivity index (χ0v) is 24.2. The smallest absolute Gasteiger partial charge is 0.293 e. The van der Waals surface area contributed by atoms with Crippen molar-refractivity contribution in [2.75, 3.05) is 0 Å². The van der Waals surface area contributed by atoms with E-state index >= 15 is 0 Å². The fourth-order valence-corrected chi connectivity index (χ4v) is 6.20. The quantitative estimate of drug-likeness (QED) is 0.181. The Balaban J connectivity index is 1.20. The van der Waals surface area contributed by atoms with E-state index in [2.05, 4.69) is 4.57 Å². The van der Waals surface area contributed by atoms with Crippen molar-refractivity contribution in [2.24, 2.45) is 0 Å². The van der Waals surface area contributed by atoms with Crippen LogP contribution in [-0.2, 0) is 17.9 Å². The minimum atomic E-state index is -0.266. The molecule has 1 fully saturated rings. The van der Waals surface area contributed by atoms with Crippen molar-refractivity contribution in [3.8, 4) is 11.4 Å². The zero-order valence-electron chi connectivity index (χ0n) is 22.6. The van der Waals surface area contributed by atoms with E-state index in [1.165, 1.54) is 4.90 Å². The number of amides is 2. The molecule has 7 heteroatoms. The highest BCUT2D eigenvalue weighted by Gasteiger charge is 2.35. The maximum absolute atomic E-state index is 13.3. The van der Waals surface area contributed by atoms with Crippen LogP contribution in [-0.4, -0.2) is 20.6 Å². The summed E-state index contributed by atoms with van der Waals surface area (Å²) in [6.45, 7) is 4.67. The molecule has 0 aliphatic carbocycles. The molecule has 6 rings (SSSR count). The molecule has 1 aliphatic heterocycles. The van der Waals surface area contributed by atoms with Crippen LogP contribution < -0.4 is 4.74 Å². The van der Waals surface area contributed by atoms with E-state index in [9.17, 15) is 9.59 Å². The van der Waals surface area contributed by atoms with Gasteiger partial charge in [-0.3, -0.25) is 14.5 Å². The molecule has 1 aliphatic rings. The van der Waals surface area contributed by atoms with Crippen molar-refractivity contribution in [2.45, 2.75) is 27.0 Å². The normalized spacial score (nSPS) is 14.4. The van der Waals surface area contributed by atoms with Gasteiger partial charge in [-0.2, -0.15) is 0 Å². The zero-order chi connectivity index (χ0) is 28.5. The molecule has 0 saturated carbocycles. The van der Waals surface area contributed by atoms with Gasteiger partial charge in [-0.1, -0.05) is 72.3 Å². The predicted octanol–water partition coefficient (Wildman–Crippen LogP) is 8.72. The van der Waals surface area contributed by atoms with Gasteiger partial charge in [0.1, 0.15) is 12.4 Å². The third-order valence-electron chi connectivity index (χ3n) is 7.29. The molecule has 0 N–H and O–H groups in total. The first-order valence-corrected chi connectivity index (χ1v) is 14.5. The second kappa shape index (κ2) is 11.3. The van der Waals surface area contributed by atoms with Crippen molar-refractivity contribution in [3.63, 3.8) is 0 Å². The van der Waals surface area contributed by atoms with Crippen LogP contribution in [0.25, 0.3) is 22.5 Å². The molecule has 41 heavy (non-hydrogen) atoms. The van der Waals surface area contributed by atoms with E-state index < -0.39 is 0 Å². The molecule has 0 unspecified atom stereocenters. The number of halogens is 1. The molecular weight excluding hydrogens is 552 g/mol. The Hall–Kier alpha value is -4.26. The lowest BCUT2D eigenvalue weighted by Crippen LogP contribution is -2.27. The third-order valence-corrected chi connectivity index (χ3v) is 8.56. The third kappa shape index (κ3) is 5.41. The summed E-state index contributed by atoms with van der Waals surface area (Å²) >= 11 is 7.23. The van der Waals surface area contributed by atoms with Gasteiger partial charge in [-0.25, -0.2) is 0 Å². The highest BCUT2D eigenvalue weighted by atomic mass is 35.5. The van der Waals surface area contributed by atoms with Gasteiger partial charge < -0.3 is 9.30 Å². The van der Waals surface area contributed by atoms with Gasteiger partial charge in [0.05, 0.1) is 11.4 Å². The largest absolute Gasteiger partial charge is 0.489 e. The molecule has 0 radical (unpaired) electrons. The summed E-state index contributed by atoms with van der Waals surface area (Å²) in [5.74, 6) is 0.481. The van der Waals surface area contributed by atoms with E-state index in [0.29, 0.717) is 16.5 Å². The number of thioether (sulfide) groups is 1. The van der Waals surface area contributed by atoms with Gasteiger partial charge in [-0.05, 0) is 90.0 Å². The topological polar surface area (TPSA) is 51.5 Å². The minimum Gasteiger partial charge on any atom is -0.489 e. The Labute approximate surface area is 248 Å². The fraction of sp³-hybridized carbons (Fsp3) is 0.118. The Kier molecular flexibility index (Phi) is 7.43. The van der Waals surface area contributed by atoms with E-state index in [1.807, 2.05) is 117 Å². The van der Waals surface area contributed by atoms with Crippen molar-refractivity contribution in [3.05, 3.63) is 135 Å². The maximum Gasteiger partial charge on any atom is 0.293 e. The molecule has 5 nitrogen and oxygen atoms in total. The molecule has 0 bridgehead atoms. The maximum atomic E-state index is 13.3. The van der Waals surface area contributed by atoms with Crippen molar-refractivity contribution in [1.82, 2.24) is 9.47 Å². The van der Waals surface area contributed by atoms with Crippen LogP contribution in [0.3, 0.4) is 0 Å². The highest BCUT2D eigenvalue weighted by molar-refractivity contribution is 8.18. The van der Waals surface area contributed by atoms with E-state index in [1.54, 1.807) is 0 Å². The highest BCUT2D eigenvalue weighted by Crippen LogP contribution is 2.35. The first-order chi connectivity index (χ1) is 19.9. The number of rotatable bonds is 7. The molecule has 0 spiro atoms. The summed E-state index contributed by atoms with van der Waals surface area (Å²) in [4.78, 5) is 28.0. The van der Waals surface area contributed by atoms with E-state index in [4.69, 9.17) is 16.3 Å². The van der Waals surface area contributed by atoms with Gasteiger partial charge >= 0.3 is 0 Å². The summed E-state index contributed by atoms with van der Waals surface area (Å²) in [6, 6.07) is 31.5. The summed E-state index contributed by atoms with van der Waals surface area (Å²) in [5.41, 5.74) is 5.76. The predicted molar refractivity (Wildman–Crippen MR) is 166 cm³/mol. The number of nitrogens with zero attached hydrogens (tertiary/aromatic N) is 2. The summed E-state index contributed by atoms with van der Waals surface area (Å²) in [6.07, 6.45) is 1.83. The van der Waals surface area contributed by atoms with Gasteiger partial charge in [0, 0.05) is 27.7 Å². The molecule has 0 atom stereocenters. The van der Waals surface area contributed by atoms with E-state index in [0.717, 1.165) is 62.0 Å². The molecule has 4 aromatic carbocycles. The fourth-order valence-electron chi connectivity index (χ4n) is 5.18. The SMILES string of the molecule is Cc1cc(/C=C2/SC(=O)N(Cc3cccc4ccccc34)C2=O)c(C)n1-c1ccc(OCc2ccccc2Cl)cc1. The second-order valence-corrected chi connectivity index (χ2v) is 11.3. The van der Waals surface area contributed by atoms with Gasteiger partial charge in [0.15, 0.2) is 0 Å².